The molecule has 0 radical (unpaired) electrons. The maximum atomic E-state index is 13.2. The molecule has 38 heavy (non-hydrogen) atoms. The van der Waals surface area contributed by atoms with E-state index in [0.29, 0.717) is 27.8 Å². The third-order valence-electron chi connectivity index (χ3n) is 6.63. The van der Waals surface area contributed by atoms with Crippen LogP contribution in [-0.4, -0.2) is 80.0 Å². The van der Waals surface area contributed by atoms with Gasteiger partial charge < -0.3 is 15.1 Å². The molecule has 1 aromatic carbocycles. The average Bonchev–Trinajstić information content (AvgIpc) is 3.20. The first-order chi connectivity index (χ1) is 18.3. The molecule has 1 N–H and O–H groups in total. The number of hydrogen-bond acceptors (Lipinski definition) is 9. The van der Waals surface area contributed by atoms with Gasteiger partial charge in [0.2, 0.25) is 5.95 Å². The van der Waals surface area contributed by atoms with Crippen LogP contribution in [0.5, 0.6) is 0 Å². The highest BCUT2D eigenvalue weighted by atomic mass is 32.2. The molecule has 1 aliphatic rings. The van der Waals surface area contributed by atoms with Crippen LogP contribution in [0.25, 0.3) is 16.9 Å². The maximum absolute atomic E-state index is 13.2. The lowest BCUT2D eigenvalue weighted by atomic mass is 10.2. The van der Waals surface area contributed by atoms with Crippen molar-refractivity contribution in [2.24, 2.45) is 4.36 Å². The number of pyridine rings is 1. The van der Waals surface area contributed by atoms with E-state index in [1.807, 2.05) is 12.1 Å². The molecular weight excluding hydrogens is 502 g/mol. The van der Waals surface area contributed by atoms with Gasteiger partial charge in [-0.05, 0) is 43.4 Å². The van der Waals surface area contributed by atoms with E-state index < -0.39 is 9.73 Å². The molecule has 0 saturated carbocycles. The number of likely N-dealkylation sites (N-methyl/N-ethyl adjacent to an activating group) is 1. The van der Waals surface area contributed by atoms with E-state index in [1.54, 1.807) is 29.0 Å². The molecule has 1 fully saturated rings. The molecule has 0 bridgehead atoms. The van der Waals surface area contributed by atoms with Crippen LogP contribution in [0.2, 0.25) is 0 Å². The maximum Gasteiger partial charge on any atom is 0.278 e. The van der Waals surface area contributed by atoms with E-state index in [2.05, 4.69) is 60.2 Å². The quantitative estimate of drug-likeness (QED) is 0.361. The summed E-state index contributed by atoms with van der Waals surface area (Å²) in [6.07, 6.45) is 4.66. The number of hydrogen-bond donors (Lipinski definition) is 1. The van der Waals surface area contributed by atoms with Crippen molar-refractivity contribution in [3.63, 3.8) is 0 Å². The molecule has 1 unspecified atom stereocenters. The van der Waals surface area contributed by atoms with Crippen molar-refractivity contribution in [2.45, 2.75) is 11.6 Å². The van der Waals surface area contributed by atoms with Gasteiger partial charge in [0.25, 0.3) is 5.56 Å². The lowest BCUT2D eigenvalue weighted by Gasteiger charge is -2.34. The van der Waals surface area contributed by atoms with Crippen LogP contribution in [0.1, 0.15) is 0 Å². The summed E-state index contributed by atoms with van der Waals surface area (Å²) in [6, 6.07) is 13.3. The van der Waals surface area contributed by atoms with Crippen molar-refractivity contribution in [3.8, 4) is 5.82 Å². The zero-order valence-electron chi connectivity index (χ0n) is 21.7. The number of aromatic nitrogens is 5. The number of benzene rings is 1. The van der Waals surface area contributed by atoms with E-state index in [4.69, 9.17) is 0 Å². The van der Waals surface area contributed by atoms with Gasteiger partial charge in [-0.2, -0.15) is 4.98 Å². The second kappa shape index (κ2) is 10.4. The second-order valence-electron chi connectivity index (χ2n) is 9.20. The van der Waals surface area contributed by atoms with Gasteiger partial charge in [0.1, 0.15) is 10.4 Å². The summed E-state index contributed by atoms with van der Waals surface area (Å²) in [4.78, 5) is 31.6. The summed E-state index contributed by atoms with van der Waals surface area (Å²) in [6.45, 7) is 8.09. The van der Waals surface area contributed by atoms with Crippen molar-refractivity contribution in [3.05, 3.63) is 71.7 Å². The number of anilines is 3. The predicted octanol–water partition coefficient (Wildman–Crippen LogP) is 2.75. The summed E-state index contributed by atoms with van der Waals surface area (Å²) in [5.74, 6) is 0.740. The number of allylic oxidation sites excluding steroid dienone is 1. The minimum absolute atomic E-state index is 0.233. The van der Waals surface area contributed by atoms with Gasteiger partial charge in [0, 0.05) is 57.1 Å². The predicted molar refractivity (Wildman–Crippen MR) is 151 cm³/mol. The molecule has 3 aromatic heterocycles. The number of nitrogens with one attached hydrogen (secondary N) is 1. The van der Waals surface area contributed by atoms with Crippen LogP contribution in [0.15, 0.2) is 75.5 Å². The van der Waals surface area contributed by atoms with Crippen molar-refractivity contribution in [2.75, 3.05) is 56.7 Å². The molecule has 11 nitrogen and oxygen atoms in total. The van der Waals surface area contributed by atoms with Gasteiger partial charge in [-0.15, -0.1) is 6.58 Å². The molecule has 1 saturated heterocycles. The van der Waals surface area contributed by atoms with Crippen LogP contribution < -0.4 is 15.8 Å². The molecule has 4 heterocycles. The Morgan fingerprint density at radius 3 is 2.53 bits per heavy atom. The molecular formula is C26H31N9O2S. The molecule has 1 aliphatic heterocycles. The highest BCUT2D eigenvalue weighted by molar-refractivity contribution is 7.92. The molecule has 5 rings (SSSR count). The summed E-state index contributed by atoms with van der Waals surface area (Å²) in [5.41, 5.74) is 2.11. The number of rotatable bonds is 7. The highest BCUT2D eigenvalue weighted by Crippen LogP contribution is 2.23. The fourth-order valence-corrected chi connectivity index (χ4v) is 5.17. The van der Waals surface area contributed by atoms with E-state index in [0.717, 1.165) is 31.9 Å². The van der Waals surface area contributed by atoms with Crippen LogP contribution in [-0.2, 0) is 16.3 Å². The fraction of sp³-hybridized carbons (Fsp3) is 0.308. The van der Waals surface area contributed by atoms with Crippen LogP contribution in [0, 0.1) is 0 Å². The normalized spacial score (nSPS) is 15.8. The number of fused-ring (bicyclic) bond motifs is 1. The lowest BCUT2D eigenvalue weighted by molar-refractivity contribution is 0.313. The van der Waals surface area contributed by atoms with E-state index >= 15 is 0 Å². The first kappa shape index (κ1) is 25.6. The first-order valence-electron chi connectivity index (χ1n) is 12.3. The van der Waals surface area contributed by atoms with Gasteiger partial charge in [-0.1, -0.05) is 12.1 Å². The average molecular weight is 534 g/mol. The number of nitrogens with zero attached hydrogens (tertiary/aromatic N) is 8. The summed E-state index contributed by atoms with van der Waals surface area (Å²) in [5, 5.41) is 3.91. The van der Waals surface area contributed by atoms with Crippen LogP contribution in [0.3, 0.4) is 0 Å². The SMILES string of the molecule is C=CCn1c(=O)c2cnc(Nc3ccc(N4CCN(C)CC4)cc3)nc2n1-c1cccc(S(C)(=O)=NC)n1. The minimum Gasteiger partial charge on any atom is -0.369 e. The summed E-state index contributed by atoms with van der Waals surface area (Å²) in [7, 11) is 0.967. The Morgan fingerprint density at radius 1 is 1.11 bits per heavy atom. The molecule has 0 amide bonds. The molecule has 0 aliphatic carbocycles. The molecule has 0 spiro atoms. The molecule has 4 aromatic rings. The standard InChI is InChI=1S/C26H31N9O2S/c1-5-13-34-25(36)21-18-28-26(29-19-9-11-20(12-10-19)33-16-14-32(3)15-17-33)31-24(21)35(34)22-7-6-8-23(30-22)38(4,37)27-2/h5-12,18H,1,13-17H2,2-4H3,(H,28,29,31). The highest BCUT2D eigenvalue weighted by Gasteiger charge is 2.19. The summed E-state index contributed by atoms with van der Waals surface area (Å²) < 4.78 is 19.9. The molecule has 198 valence electrons. The van der Waals surface area contributed by atoms with E-state index in [9.17, 15) is 9.00 Å². The third-order valence-corrected chi connectivity index (χ3v) is 8.33. The summed E-state index contributed by atoms with van der Waals surface area (Å²) >= 11 is 0. The van der Waals surface area contributed by atoms with Gasteiger partial charge in [0.15, 0.2) is 11.5 Å². The van der Waals surface area contributed by atoms with E-state index in [1.165, 1.54) is 29.9 Å². The largest absolute Gasteiger partial charge is 0.369 e. The topological polar surface area (TPSA) is 114 Å². The Labute approximate surface area is 221 Å². The zero-order chi connectivity index (χ0) is 26.9. The van der Waals surface area contributed by atoms with Gasteiger partial charge in [-0.25, -0.2) is 27.9 Å². The Hall–Kier alpha value is -4.03. The van der Waals surface area contributed by atoms with Gasteiger partial charge in [-0.3, -0.25) is 4.79 Å². The smallest absolute Gasteiger partial charge is 0.278 e. The third kappa shape index (κ3) is 4.92. The van der Waals surface area contributed by atoms with Crippen molar-refractivity contribution < 1.29 is 4.21 Å². The molecule has 1 atom stereocenters. The Balaban J connectivity index is 1.52. The first-order valence-corrected chi connectivity index (χ1v) is 14.2. The van der Waals surface area contributed by atoms with Crippen LogP contribution in [0.4, 0.5) is 17.3 Å². The Morgan fingerprint density at radius 2 is 1.84 bits per heavy atom. The van der Waals surface area contributed by atoms with E-state index in [-0.39, 0.29) is 12.1 Å². The van der Waals surface area contributed by atoms with Crippen molar-refractivity contribution >= 4 is 38.1 Å². The molecule has 12 heteroatoms. The minimum atomic E-state index is -2.67. The van der Waals surface area contributed by atoms with Gasteiger partial charge >= 0.3 is 0 Å². The lowest BCUT2D eigenvalue weighted by Crippen LogP contribution is -2.44. The Kier molecular flexibility index (Phi) is 7.00. The second-order valence-corrected chi connectivity index (χ2v) is 11.6. The van der Waals surface area contributed by atoms with Crippen molar-refractivity contribution in [1.82, 2.24) is 29.2 Å². The van der Waals surface area contributed by atoms with Crippen LogP contribution >= 0.6 is 0 Å². The van der Waals surface area contributed by atoms with Crippen molar-refractivity contribution in [1.29, 1.82) is 0 Å². The van der Waals surface area contributed by atoms with Gasteiger partial charge in [0.05, 0.1) is 16.3 Å². The monoisotopic (exact) mass is 533 g/mol. The Bertz CT molecular complexity index is 1660. The number of piperazine rings is 1. The fourth-order valence-electron chi connectivity index (χ4n) is 4.38. The zero-order valence-corrected chi connectivity index (χ0v) is 22.6.